The van der Waals surface area contributed by atoms with E-state index in [0.717, 1.165) is 21.9 Å². The zero-order chi connectivity index (χ0) is 14.1. The first-order chi connectivity index (χ1) is 8.00. The molecule has 0 aliphatic carbocycles. The fourth-order valence-electron chi connectivity index (χ4n) is 1.50. The van der Waals surface area contributed by atoms with Crippen molar-refractivity contribution in [3.8, 4) is 0 Å². The van der Waals surface area contributed by atoms with Crippen LogP contribution >= 0.6 is 15.9 Å². The van der Waals surface area contributed by atoms with Gasteiger partial charge in [0.1, 0.15) is 0 Å². The molecular formula is C10H14BrNO4S2. The summed E-state index contributed by atoms with van der Waals surface area (Å²) in [6.07, 6.45) is 0.879. The number of anilines is 1. The third kappa shape index (κ3) is 4.58. The average molecular weight is 356 g/mol. The molecule has 1 rings (SSSR count). The molecule has 0 atom stereocenters. The van der Waals surface area contributed by atoms with Gasteiger partial charge in [0, 0.05) is 16.4 Å². The molecule has 0 fully saturated rings. The summed E-state index contributed by atoms with van der Waals surface area (Å²) in [5, 5.41) is -0.922. The second kappa shape index (κ2) is 5.18. The van der Waals surface area contributed by atoms with Crippen LogP contribution in [0.2, 0.25) is 0 Å². The highest BCUT2D eigenvalue weighted by Gasteiger charge is 2.18. The van der Waals surface area contributed by atoms with E-state index in [1.807, 2.05) is 13.8 Å². The van der Waals surface area contributed by atoms with E-state index in [9.17, 15) is 16.8 Å². The van der Waals surface area contributed by atoms with E-state index in [0.29, 0.717) is 5.69 Å². The van der Waals surface area contributed by atoms with Crippen LogP contribution < -0.4 is 4.72 Å². The van der Waals surface area contributed by atoms with Crippen LogP contribution in [0.15, 0.2) is 16.6 Å². The summed E-state index contributed by atoms with van der Waals surface area (Å²) in [5.74, 6) is 0. The molecule has 1 aromatic carbocycles. The lowest BCUT2D eigenvalue weighted by Gasteiger charge is -2.10. The minimum Gasteiger partial charge on any atom is -0.283 e. The number of sulfone groups is 1. The number of aryl methyl sites for hydroxylation is 2. The standard InChI is InChI=1S/C10H14BrNO4S2/c1-7-4-9(5-8(2)10(7)11)12-18(15,16)6-17(3,13)14/h4-5,12H,6H2,1-3H3. The third-order valence-electron chi connectivity index (χ3n) is 2.08. The Balaban J connectivity index is 3.06. The SMILES string of the molecule is Cc1cc(NS(=O)(=O)CS(C)(=O)=O)cc(C)c1Br. The van der Waals surface area contributed by atoms with Crippen LogP contribution in [0.5, 0.6) is 0 Å². The Morgan fingerprint density at radius 1 is 1.11 bits per heavy atom. The van der Waals surface area contributed by atoms with Crippen LogP contribution in [0.4, 0.5) is 5.69 Å². The van der Waals surface area contributed by atoms with Gasteiger partial charge in [-0.25, -0.2) is 16.8 Å². The molecule has 1 aromatic rings. The normalized spacial score (nSPS) is 12.4. The summed E-state index contributed by atoms with van der Waals surface area (Å²) in [4.78, 5) is 0. The molecule has 0 bridgehead atoms. The lowest BCUT2D eigenvalue weighted by Crippen LogP contribution is -2.22. The van der Waals surface area contributed by atoms with Crippen molar-refractivity contribution < 1.29 is 16.8 Å². The van der Waals surface area contributed by atoms with Crippen LogP contribution in [-0.4, -0.2) is 28.2 Å². The van der Waals surface area contributed by atoms with E-state index in [-0.39, 0.29) is 0 Å². The first-order valence-electron chi connectivity index (χ1n) is 4.95. The molecule has 18 heavy (non-hydrogen) atoms. The van der Waals surface area contributed by atoms with Gasteiger partial charge in [0.2, 0.25) is 10.0 Å². The molecule has 102 valence electrons. The van der Waals surface area contributed by atoms with Gasteiger partial charge in [-0.05, 0) is 37.1 Å². The highest BCUT2D eigenvalue weighted by Crippen LogP contribution is 2.25. The molecule has 0 amide bonds. The van der Waals surface area contributed by atoms with E-state index in [1.165, 1.54) is 0 Å². The van der Waals surface area contributed by atoms with Crippen LogP contribution in [-0.2, 0) is 19.9 Å². The summed E-state index contributed by atoms with van der Waals surface area (Å²) in [7, 11) is -7.48. The Kier molecular flexibility index (Phi) is 4.45. The molecular weight excluding hydrogens is 342 g/mol. The number of hydrogen-bond acceptors (Lipinski definition) is 4. The summed E-state index contributed by atoms with van der Waals surface area (Å²) in [6, 6.07) is 3.27. The van der Waals surface area contributed by atoms with Gasteiger partial charge < -0.3 is 0 Å². The van der Waals surface area contributed by atoms with E-state index < -0.39 is 24.9 Å². The second-order valence-corrected chi connectivity index (χ2v) is 9.21. The monoisotopic (exact) mass is 355 g/mol. The van der Waals surface area contributed by atoms with Crippen molar-refractivity contribution in [1.82, 2.24) is 0 Å². The van der Waals surface area contributed by atoms with Gasteiger partial charge in [-0.1, -0.05) is 15.9 Å². The van der Waals surface area contributed by atoms with E-state index in [4.69, 9.17) is 0 Å². The molecule has 0 radical (unpaired) electrons. The quantitative estimate of drug-likeness (QED) is 0.892. The van der Waals surface area contributed by atoms with Crippen molar-refractivity contribution in [2.24, 2.45) is 0 Å². The molecule has 0 saturated carbocycles. The van der Waals surface area contributed by atoms with Gasteiger partial charge in [-0.15, -0.1) is 0 Å². The summed E-state index contributed by atoms with van der Waals surface area (Å²) in [6.45, 7) is 3.65. The van der Waals surface area contributed by atoms with Crippen LogP contribution in [0.25, 0.3) is 0 Å². The Morgan fingerprint density at radius 3 is 1.94 bits per heavy atom. The molecule has 1 N–H and O–H groups in total. The molecule has 0 aliphatic heterocycles. The van der Waals surface area contributed by atoms with Gasteiger partial charge in [0.05, 0.1) is 0 Å². The fraction of sp³-hybridized carbons (Fsp3) is 0.400. The summed E-state index contributed by atoms with van der Waals surface area (Å²) in [5.41, 5.74) is 2.09. The molecule has 5 nitrogen and oxygen atoms in total. The van der Waals surface area contributed by atoms with Crippen molar-refractivity contribution in [2.75, 3.05) is 16.1 Å². The highest BCUT2D eigenvalue weighted by atomic mass is 79.9. The molecule has 0 spiro atoms. The first-order valence-corrected chi connectivity index (χ1v) is 9.46. The Labute approximate surface area is 116 Å². The Hall–Kier alpha value is -0.600. The molecule has 0 saturated heterocycles. The maximum absolute atomic E-state index is 11.6. The zero-order valence-electron chi connectivity index (χ0n) is 10.2. The van der Waals surface area contributed by atoms with E-state index >= 15 is 0 Å². The minimum absolute atomic E-state index is 0.358. The molecule has 0 heterocycles. The van der Waals surface area contributed by atoms with Crippen molar-refractivity contribution in [2.45, 2.75) is 13.8 Å². The highest BCUT2D eigenvalue weighted by molar-refractivity contribution is 9.10. The Bertz CT molecular complexity index is 642. The smallest absolute Gasteiger partial charge is 0.247 e. The maximum Gasteiger partial charge on any atom is 0.247 e. The average Bonchev–Trinajstić information content (AvgIpc) is 2.08. The van der Waals surface area contributed by atoms with Crippen LogP contribution in [0.1, 0.15) is 11.1 Å². The topological polar surface area (TPSA) is 80.3 Å². The van der Waals surface area contributed by atoms with E-state index in [1.54, 1.807) is 12.1 Å². The van der Waals surface area contributed by atoms with Gasteiger partial charge in [0.15, 0.2) is 14.9 Å². The predicted molar refractivity (Wildman–Crippen MR) is 75.9 cm³/mol. The van der Waals surface area contributed by atoms with Crippen LogP contribution in [0, 0.1) is 13.8 Å². The maximum atomic E-state index is 11.6. The number of sulfonamides is 1. The lowest BCUT2D eigenvalue weighted by atomic mass is 10.1. The fourth-order valence-corrected chi connectivity index (χ4v) is 4.69. The number of rotatable bonds is 4. The zero-order valence-corrected chi connectivity index (χ0v) is 13.4. The van der Waals surface area contributed by atoms with Gasteiger partial charge in [0.25, 0.3) is 0 Å². The lowest BCUT2D eigenvalue weighted by molar-refractivity contribution is 0.595. The predicted octanol–water partition coefficient (Wildman–Crippen LogP) is 1.81. The second-order valence-electron chi connectivity index (χ2n) is 4.18. The Morgan fingerprint density at radius 2 is 1.56 bits per heavy atom. The number of hydrogen-bond donors (Lipinski definition) is 1. The van der Waals surface area contributed by atoms with Crippen molar-refractivity contribution in [3.05, 3.63) is 27.7 Å². The molecule has 8 heteroatoms. The molecule has 0 unspecified atom stereocenters. The van der Waals surface area contributed by atoms with Crippen molar-refractivity contribution in [3.63, 3.8) is 0 Å². The largest absolute Gasteiger partial charge is 0.283 e. The molecule has 0 aromatic heterocycles. The first kappa shape index (κ1) is 15.5. The number of halogens is 1. The minimum atomic E-state index is -3.89. The molecule has 0 aliphatic rings. The summed E-state index contributed by atoms with van der Waals surface area (Å²) < 4.78 is 48.4. The van der Waals surface area contributed by atoms with Crippen molar-refractivity contribution in [1.29, 1.82) is 0 Å². The van der Waals surface area contributed by atoms with E-state index in [2.05, 4.69) is 20.7 Å². The third-order valence-corrected chi connectivity index (χ3v) is 6.83. The number of nitrogens with one attached hydrogen (secondary N) is 1. The van der Waals surface area contributed by atoms with Gasteiger partial charge in [-0.2, -0.15) is 0 Å². The number of benzene rings is 1. The van der Waals surface area contributed by atoms with Crippen LogP contribution in [0.3, 0.4) is 0 Å². The summed E-state index contributed by atoms with van der Waals surface area (Å²) >= 11 is 3.37. The van der Waals surface area contributed by atoms with Gasteiger partial charge in [-0.3, -0.25) is 4.72 Å². The van der Waals surface area contributed by atoms with Crippen molar-refractivity contribution >= 4 is 41.5 Å². The van der Waals surface area contributed by atoms with Gasteiger partial charge >= 0.3 is 0 Å².